The van der Waals surface area contributed by atoms with Crippen LogP contribution < -0.4 is 4.74 Å². The number of benzene rings is 1. The zero-order valence-corrected chi connectivity index (χ0v) is 18.0. The summed E-state index contributed by atoms with van der Waals surface area (Å²) in [6.07, 6.45) is 9.64. The predicted molar refractivity (Wildman–Crippen MR) is 116 cm³/mol. The summed E-state index contributed by atoms with van der Waals surface area (Å²) < 4.78 is 11.6. The van der Waals surface area contributed by atoms with Gasteiger partial charge in [-0.05, 0) is 76.4 Å². The smallest absolute Gasteiger partial charge is 0.226 e. The minimum atomic E-state index is 0.00372. The van der Waals surface area contributed by atoms with Gasteiger partial charge in [0.05, 0.1) is 18.3 Å². The number of hydrogen-bond donors (Lipinski definition) is 0. The van der Waals surface area contributed by atoms with E-state index in [2.05, 4.69) is 21.7 Å². The third kappa shape index (κ3) is 5.29. The van der Waals surface area contributed by atoms with Gasteiger partial charge in [-0.1, -0.05) is 6.42 Å². The fourth-order valence-electron chi connectivity index (χ4n) is 4.56. The monoisotopic (exact) mass is 411 g/mol. The molecule has 0 spiro atoms. The molecule has 1 aromatic heterocycles. The Kier molecular flexibility index (Phi) is 7.18. The Morgan fingerprint density at radius 1 is 1.13 bits per heavy atom. The third-order valence-electron chi connectivity index (χ3n) is 6.39. The highest BCUT2D eigenvalue weighted by Crippen LogP contribution is 2.24. The van der Waals surface area contributed by atoms with Gasteiger partial charge in [-0.3, -0.25) is 4.90 Å². The summed E-state index contributed by atoms with van der Waals surface area (Å²) in [7, 11) is 0. The van der Waals surface area contributed by atoms with E-state index in [1.165, 1.54) is 19.4 Å². The Morgan fingerprint density at radius 3 is 2.73 bits per heavy atom. The number of nitrogens with zero attached hydrogens (tertiary/aromatic N) is 3. The van der Waals surface area contributed by atoms with Crippen LogP contribution in [-0.2, 0) is 11.3 Å². The summed E-state index contributed by atoms with van der Waals surface area (Å²) in [4.78, 5) is 20.7. The fourth-order valence-corrected chi connectivity index (χ4v) is 4.56. The highest BCUT2D eigenvalue weighted by Gasteiger charge is 2.23. The SMILES string of the molecule is CC1CCCN1CCCOc1ccc(-c2nc(CN3CCCCC3C=O)co2)cc1. The number of carbonyl (C=O) groups is 1. The van der Waals surface area contributed by atoms with Crippen molar-refractivity contribution in [2.75, 3.05) is 26.2 Å². The predicted octanol–water partition coefficient (Wildman–Crippen LogP) is 4.15. The summed E-state index contributed by atoms with van der Waals surface area (Å²) in [5, 5.41) is 0. The second-order valence-electron chi connectivity index (χ2n) is 8.57. The minimum absolute atomic E-state index is 0.00372. The van der Waals surface area contributed by atoms with Crippen LogP contribution in [0.2, 0.25) is 0 Å². The van der Waals surface area contributed by atoms with Gasteiger partial charge in [0.25, 0.3) is 0 Å². The lowest BCUT2D eigenvalue weighted by molar-refractivity contribution is -0.113. The van der Waals surface area contributed by atoms with Crippen molar-refractivity contribution in [1.82, 2.24) is 14.8 Å². The molecule has 2 aliphatic rings. The van der Waals surface area contributed by atoms with Gasteiger partial charge >= 0.3 is 0 Å². The first-order valence-corrected chi connectivity index (χ1v) is 11.3. The maximum Gasteiger partial charge on any atom is 0.226 e. The molecular weight excluding hydrogens is 378 g/mol. The van der Waals surface area contributed by atoms with E-state index in [4.69, 9.17) is 9.15 Å². The molecule has 2 fully saturated rings. The first-order chi connectivity index (χ1) is 14.7. The molecular formula is C24H33N3O3. The molecule has 3 heterocycles. The molecule has 0 N–H and O–H groups in total. The van der Waals surface area contributed by atoms with Crippen molar-refractivity contribution in [2.45, 2.75) is 64.1 Å². The van der Waals surface area contributed by atoms with E-state index < -0.39 is 0 Å². The maximum atomic E-state index is 11.3. The molecule has 6 heteroatoms. The van der Waals surface area contributed by atoms with Gasteiger partial charge in [0.1, 0.15) is 18.3 Å². The van der Waals surface area contributed by atoms with Gasteiger partial charge in [0, 0.05) is 24.7 Å². The van der Waals surface area contributed by atoms with Gasteiger partial charge < -0.3 is 18.8 Å². The third-order valence-corrected chi connectivity index (χ3v) is 6.39. The lowest BCUT2D eigenvalue weighted by Gasteiger charge is -2.31. The molecule has 2 unspecified atom stereocenters. The van der Waals surface area contributed by atoms with E-state index in [0.717, 1.165) is 68.7 Å². The van der Waals surface area contributed by atoms with Crippen LogP contribution in [0.15, 0.2) is 34.9 Å². The van der Waals surface area contributed by atoms with Crippen LogP contribution in [0.1, 0.15) is 51.1 Å². The number of aromatic nitrogens is 1. The summed E-state index contributed by atoms with van der Waals surface area (Å²) in [5.74, 6) is 1.49. The lowest BCUT2D eigenvalue weighted by atomic mass is 10.0. The standard InChI is InChI=1S/C24H33N3O3/c1-19-6-4-13-26(19)14-5-15-29-23-10-8-20(9-11-23)24-25-21(18-30-24)16-27-12-3-2-7-22(27)17-28/h8-11,17-19,22H,2-7,12-16H2,1H3. The molecule has 2 atom stereocenters. The minimum Gasteiger partial charge on any atom is -0.494 e. The number of likely N-dealkylation sites (tertiary alicyclic amines) is 2. The fraction of sp³-hybridized carbons (Fsp3) is 0.583. The summed E-state index contributed by atoms with van der Waals surface area (Å²) >= 11 is 0. The molecule has 0 aliphatic carbocycles. The number of ether oxygens (including phenoxy) is 1. The molecule has 2 saturated heterocycles. The van der Waals surface area contributed by atoms with Crippen LogP contribution in [-0.4, -0.2) is 59.4 Å². The normalized spacial score (nSPS) is 23.0. The van der Waals surface area contributed by atoms with Crippen molar-refractivity contribution in [3.05, 3.63) is 36.2 Å². The van der Waals surface area contributed by atoms with E-state index in [1.54, 1.807) is 6.26 Å². The Bertz CT molecular complexity index is 804. The lowest BCUT2D eigenvalue weighted by Crippen LogP contribution is -2.39. The van der Waals surface area contributed by atoms with Crippen molar-refractivity contribution in [3.8, 4) is 17.2 Å². The zero-order chi connectivity index (χ0) is 20.8. The largest absolute Gasteiger partial charge is 0.494 e. The van der Waals surface area contributed by atoms with Crippen LogP contribution in [0.3, 0.4) is 0 Å². The highest BCUT2D eigenvalue weighted by molar-refractivity contribution is 5.58. The van der Waals surface area contributed by atoms with Crippen LogP contribution >= 0.6 is 0 Å². The van der Waals surface area contributed by atoms with Gasteiger partial charge in [0.2, 0.25) is 5.89 Å². The maximum absolute atomic E-state index is 11.3. The molecule has 0 bridgehead atoms. The average Bonchev–Trinajstić information content (AvgIpc) is 3.41. The van der Waals surface area contributed by atoms with Crippen molar-refractivity contribution >= 4 is 6.29 Å². The second-order valence-corrected chi connectivity index (χ2v) is 8.57. The Morgan fingerprint density at radius 2 is 1.97 bits per heavy atom. The Hall–Kier alpha value is -2.18. The quantitative estimate of drug-likeness (QED) is 0.456. The van der Waals surface area contributed by atoms with Crippen LogP contribution in [0, 0.1) is 0 Å². The number of hydrogen-bond acceptors (Lipinski definition) is 6. The van der Waals surface area contributed by atoms with Crippen molar-refractivity contribution in [2.24, 2.45) is 0 Å². The summed E-state index contributed by atoms with van der Waals surface area (Å²) in [5.41, 5.74) is 1.81. The number of piperidine rings is 1. The number of carbonyl (C=O) groups excluding carboxylic acids is 1. The van der Waals surface area contributed by atoms with E-state index in [1.807, 2.05) is 24.3 Å². The molecule has 30 heavy (non-hydrogen) atoms. The first-order valence-electron chi connectivity index (χ1n) is 11.3. The van der Waals surface area contributed by atoms with Crippen LogP contribution in [0.5, 0.6) is 5.75 Å². The summed E-state index contributed by atoms with van der Waals surface area (Å²) in [6.45, 7) is 6.98. The zero-order valence-electron chi connectivity index (χ0n) is 18.0. The van der Waals surface area contributed by atoms with Crippen LogP contribution in [0.25, 0.3) is 11.5 Å². The summed E-state index contributed by atoms with van der Waals surface area (Å²) in [6, 6.07) is 8.65. The molecule has 2 aromatic rings. The van der Waals surface area contributed by atoms with Crippen LogP contribution in [0.4, 0.5) is 0 Å². The number of rotatable bonds is 9. The topological polar surface area (TPSA) is 58.8 Å². The average molecular weight is 412 g/mol. The molecule has 2 aliphatic heterocycles. The first kappa shape index (κ1) is 21.1. The van der Waals surface area contributed by atoms with Gasteiger partial charge in [0.15, 0.2) is 0 Å². The molecule has 6 nitrogen and oxygen atoms in total. The second kappa shape index (κ2) is 10.2. The molecule has 162 valence electrons. The number of aldehydes is 1. The number of oxazole rings is 1. The van der Waals surface area contributed by atoms with Crippen molar-refractivity contribution < 1.29 is 13.9 Å². The van der Waals surface area contributed by atoms with E-state index in [-0.39, 0.29) is 6.04 Å². The molecule has 4 rings (SSSR count). The van der Waals surface area contributed by atoms with E-state index >= 15 is 0 Å². The van der Waals surface area contributed by atoms with Crippen molar-refractivity contribution in [1.29, 1.82) is 0 Å². The Labute approximate surface area is 179 Å². The van der Waals surface area contributed by atoms with E-state index in [0.29, 0.717) is 18.5 Å². The highest BCUT2D eigenvalue weighted by atomic mass is 16.5. The van der Waals surface area contributed by atoms with E-state index in [9.17, 15) is 4.79 Å². The Balaban J connectivity index is 1.26. The van der Waals surface area contributed by atoms with Gasteiger partial charge in [-0.25, -0.2) is 4.98 Å². The van der Waals surface area contributed by atoms with Crippen molar-refractivity contribution in [3.63, 3.8) is 0 Å². The molecule has 0 saturated carbocycles. The van der Waals surface area contributed by atoms with Gasteiger partial charge in [-0.2, -0.15) is 0 Å². The molecule has 0 amide bonds. The molecule has 1 aromatic carbocycles. The van der Waals surface area contributed by atoms with Gasteiger partial charge in [-0.15, -0.1) is 0 Å². The molecule has 0 radical (unpaired) electrons.